The van der Waals surface area contributed by atoms with E-state index in [0.717, 1.165) is 6.42 Å². The van der Waals surface area contributed by atoms with Crippen LogP contribution in [0.2, 0.25) is 5.02 Å². The van der Waals surface area contributed by atoms with Gasteiger partial charge in [-0.3, -0.25) is 0 Å². The summed E-state index contributed by atoms with van der Waals surface area (Å²) in [5, 5.41) is 0.389. The summed E-state index contributed by atoms with van der Waals surface area (Å²) in [7, 11) is -3.55. The molecule has 21 heavy (non-hydrogen) atoms. The van der Waals surface area contributed by atoms with E-state index in [0.29, 0.717) is 34.7 Å². The van der Waals surface area contributed by atoms with Gasteiger partial charge in [-0.25, -0.2) is 8.42 Å². The van der Waals surface area contributed by atoms with E-state index >= 15 is 0 Å². The van der Waals surface area contributed by atoms with Crippen LogP contribution in [0.5, 0.6) is 0 Å². The van der Waals surface area contributed by atoms with Gasteiger partial charge in [0.25, 0.3) is 0 Å². The summed E-state index contributed by atoms with van der Waals surface area (Å²) in [5.41, 5.74) is 6.72. The molecule has 1 aromatic rings. The monoisotopic (exact) mass is 330 g/mol. The third kappa shape index (κ3) is 3.05. The first-order chi connectivity index (χ1) is 9.64. The lowest BCUT2D eigenvalue weighted by Gasteiger charge is -2.40. The Bertz CT molecular complexity index is 645. The average Bonchev–Trinajstić information content (AvgIpc) is 2.37. The standard InChI is InChI=1S/C15H23ClN2O2S/c1-9-5-10(2)12(4)18(8-9)21(19,20)15-7-14(17)13(16)6-11(15)3/h6-7,9-10,12H,5,8,17H2,1-4H3. The number of hydrogen-bond acceptors (Lipinski definition) is 3. The van der Waals surface area contributed by atoms with Crippen molar-refractivity contribution >= 4 is 27.3 Å². The molecule has 0 spiro atoms. The largest absolute Gasteiger partial charge is 0.397 e. The fourth-order valence-electron chi connectivity index (χ4n) is 3.05. The minimum absolute atomic E-state index is 0.0116. The lowest BCUT2D eigenvalue weighted by Crippen LogP contribution is -2.48. The highest BCUT2D eigenvalue weighted by molar-refractivity contribution is 7.89. The van der Waals surface area contributed by atoms with Crippen LogP contribution in [0.1, 0.15) is 32.8 Å². The molecule has 6 heteroatoms. The summed E-state index contributed by atoms with van der Waals surface area (Å²) in [6.07, 6.45) is 1.05. The van der Waals surface area contributed by atoms with Crippen molar-refractivity contribution in [3.05, 3.63) is 22.7 Å². The number of nitrogens with zero attached hydrogens (tertiary/aromatic N) is 1. The molecule has 0 amide bonds. The van der Waals surface area contributed by atoms with Gasteiger partial charge in [0, 0.05) is 12.6 Å². The number of halogens is 1. The van der Waals surface area contributed by atoms with Gasteiger partial charge in [0.05, 0.1) is 15.6 Å². The van der Waals surface area contributed by atoms with Crippen LogP contribution in [0.3, 0.4) is 0 Å². The molecule has 1 aliphatic rings. The smallest absolute Gasteiger partial charge is 0.243 e. The number of aryl methyl sites for hydroxylation is 1. The number of piperidine rings is 1. The summed E-state index contributed by atoms with van der Waals surface area (Å²) in [5.74, 6) is 0.699. The van der Waals surface area contributed by atoms with Gasteiger partial charge in [-0.05, 0) is 49.8 Å². The molecule has 2 rings (SSSR count). The Morgan fingerprint density at radius 3 is 2.52 bits per heavy atom. The third-order valence-electron chi connectivity index (χ3n) is 4.42. The van der Waals surface area contributed by atoms with Crippen molar-refractivity contribution in [2.75, 3.05) is 12.3 Å². The van der Waals surface area contributed by atoms with Gasteiger partial charge >= 0.3 is 0 Å². The maximum atomic E-state index is 13.0. The fourth-order valence-corrected chi connectivity index (χ4v) is 5.36. The average molecular weight is 331 g/mol. The van der Waals surface area contributed by atoms with Crippen molar-refractivity contribution in [1.29, 1.82) is 0 Å². The zero-order chi connectivity index (χ0) is 15.9. The minimum Gasteiger partial charge on any atom is -0.397 e. The van der Waals surface area contributed by atoms with Crippen LogP contribution in [0.25, 0.3) is 0 Å². The van der Waals surface area contributed by atoms with Gasteiger partial charge in [-0.1, -0.05) is 25.4 Å². The van der Waals surface area contributed by atoms with Crippen LogP contribution in [0.4, 0.5) is 5.69 Å². The molecular formula is C15H23ClN2O2S. The Balaban J connectivity index is 2.49. The van der Waals surface area contributed by atoms with Crippen molar-refractivity contribution in [3.63, 3.8) is 0 Å². The molecule has 3 atom stereocenters. The number of rotatable bonds is 2. The van der Waals surface area contributed by atoms with E-state index in [2.05, 4.69) is 13.8 Å². The van der Waals surface area contributed by atoms with Gasteiger partial charge < -0.3 is 5.73 Å². The molecule has 1 heterocycles. The van der Waals surface area contributed by atoms with Gasteiger partial charge in [0.15, 0.2) is 0 Å². The van der Waals surface area contributed by atoms with Crippen molar-refractivity contribution in [1.82, 2.24) is 4.31 Å². The number of benzene rings is 1. The zero-order valence-corrected chi connectivity index (χ0v) is 14.5. The quantitative estimate of drug-likeness (QED) is 0.846. The highest BCUT2D eigenvalue weighted by atomic mass is 35.5. The summed E-state index contributed by atoms with van der Waals surface area (Å²) in [6, 6.07) is 3.08. The fraction of sp³-hybridized carbons (Fsp3) is 0.600. The van der Waals surface area contributed by atoms with Crippen molar-refractivity contribution in [2.24, 2.45) is 11.8 Å². The van der Waals surface area contributed by atoms with Crippen molar-refractivity contribution in [2.45, 2.75) is 45.1 Å². The highest BCUT2D eigenvalue weighted by Crippen LogP contribution is 2.34. The molecule has 0 bridgehead atoms. The number of nitrogens with two attached hydrogens (primary N) is 1. The van der Waals surface area contributed by atoms with E-state index in [4.69, 9.17) is 17.3 Å². The molecule has 1 aliphatic heterocycles. The van der Waals surface area contributed by atoms with E-state index in [1.165, 1.54) is 6.07 Å². The Morgan fingerprint density at radius 1 is 1.29 bits per heavy atom. The van der Waals surface area contributed by atoms with Crippen LogP contribution in [-0.4, -0.2) is 25.3 Å². The number of hydrogen-bond donors (Lipinski definition) is 1. The molecule has 1 fully saturated rings. The van der Waals surface area contributed by atoms with Crippen LogP contribution in [0, 0.1) is 18.8 Å². The Hall–Kier alpha value is -0.780. The molecule has 118 valence electrons. The maximum Gasteiger partial charge on any atom is 0.243 e. The molecule has 2 N–H and O–H groups in total. The molecule has 0 saturated carbocycles. The van der Waals surface area contributed by atoms with E-state index in [1.54, 1.807) is 17.3 Å². The number of sulfonamides is 1. The molecule has 0 radical (unpaired) electrons. The molecule has 1 saturated heterocycles. The molecule has 0 aliphatic carbocycles. The Morgan fingerprint density at radius 2 is 1.90 bits per heavy atom. The number of nitrogen functional groups attached to an aromatic ring is 1. The first-order valence-corrected chi connectivity index (χ1v) is 9.03. The van der Waals surface area contributed by atoms with E-state index in [1.807, 2.05) is 6.92 Å². The summed E-state index contributed by atoms with van der Waals surface area (Å²) < 4.78 is 27.6. The second-order valence-corrected chi connectivity index (χ2v) is 8.54. The van der Waals surface area contributed by atoms with Gasteiger partial charge in [0.2, 0.25) is 10.0 Å². The van der Waals surface area contributed by atoms with Gasteiger partial charge in [-0.2, -0.15) is 4.31 Å². The first kappa shape index (κ1) is 16.6. The molecule has 4 nitrogen and oxygen atoms in total. The van der Waals surface area contributed by atoms with Crippen molar-refractivity contribution < 1.29 is 8.42 Å². The minimum atomic E-state index is -3.55. The van der Waals surface area contributed by atoms with Crippen LogP contribution in [-0.2, 0) is 10.0 Å². The predicted molar refractivity (Wildman–Crippen MR) is 86.9 cm³/mol. The third-order valence-corrected chi connectivity index (χ3v) is 6.85. The normalized spacial score (nSPS) is 27.8. The number of anilines is 1. The molecule has 3 unspecified atom stereocenters. The molecular weight excluding hydrogens is 308 g/mol. The van der Waals surface area contributed by atoms with E-state index in [9.17, 15) is 8.42 Å². The van der Waals surface area contributed by atoms with E-state index in [-0.39, 0.29) is 10.9 Å². The van der Waals surface area contributed by atoms with E-state index < -0.39 is 10.0 Å². The zero-order valence-electron chi connectivity index (χ0n) is 12.9. The molecule has 1 aromatic carbocycles. The van der Waals surface area contributed by atoms with Crippen molar-refractivity contribution in [3.8, 4) is 0 Å². The summed E-state index contributed by atoms with van der Waals surface area (Å²) in [4.78, 5) is 0.262. The van der Waals surface area contributed by atoms with Crippen LogP contribution < -0.4 is 5.73 Å². The second kappa shape index (κ2) is 5.78. The SMILES string of the molecule is Cc1cc(Cl)c(N)cc1S(=O)(=O)N1CC(C)CC(C)C1C. The van der Waals surface area contributed by atoms with Crippen LogP contribution in [0.15, 0.2) is 17.0 Å². The lowest BCUT2D eigenvalue weighted by atomic mass is 9.88. The predicted octanol–water partition coefficient (Wildman–Crippen LogP) is 3.29. The Kier molecular flexibility index (Phi) is 4.57. The second-order valence-electron chi connectivity index (χ2n) is 6.27. The lowest BCUT2D eigenvalue weighted by molar-refractivity contribution is 0.157. The van der Waals surface area contributed by atoms with Gasteiger partial charge in [-0.15, -0.1) is 0 Å². The first-order valence-electron chi connectivity index (χ1n) is 7.22. The van der Waals surface area contributed by atoms with Crippen LogP contribution >= 0.6 is 11.6 Å². The Labute approximate surface area is 132 Å². The molecule has 0 aromatic heterocycles. The summed E-state index contributed by atoms with van der Waals surface area (Å²) >= 11 is 5.96. The topological polar surface area (TPSA) is 63.4 Å². The summed E-state index contributed by atoms with van der Waals surface area (Å²) in [6.45, 7) is 8.47. The highest BCUT2D eigenvalue weighted by Gasteiger charge is 2.37. The van der Waals surface area contributed by atoms with Gasteiger partial charge in [0.1, 0.15) is 0 Å². The maximum absolute atomic E-state index is 13.0.